The van der Waals surface area contributed by atoms with E-state index in [-0.39, 0.29) is 12.1 Å². The highest BCUT2D eigenvalue weighted by molar-refractivity contribution is 5.89. The molecule has 1 heterocycles. The molecule has 0 aliphatic rings. The average Bonchev–Trinajstić information content (AvgIpc) is 2.99. The van der Waals surface area contributed by atoms with E-state index in [9.17, 15) is 4.79 Å². The number of nitrogens with zero attached hydrogens (tertiary/aromatic N) is 1. The molecule has 0 aliphatic carbocycles. The second-order valence-corrected chi connectivity index (χ2v) is 4.42. The van der Waals surface area contributed by atoms with Gasteiger partial charge in [-0.1, -0.05) is 0 Å². The first kappa shape index (κ1) is 14.7. The van der Waals surface area contributed by atoms with Gasteiger partial charge >= 0.3 is 6.03 Å². The molecular weight excluding hydrogens is 272 g/mol. The van der Waals surface area contributed by atoms with Crippen molar-refractivity contribution < 1.29 is 14.3 Å². The highest BCUT2D eigenvalue weighted by Gasteiger charge is 2.15. The molecular formula is C14H18N4O3. The van der Waals surface area contributed by atoms with E-state index in [1.54, 1.807) is 32.5 Å². The molecule has 0 spiro atoms. The zero-order valence-electron chi connectivity index (χ0n) is 12.1. The monoisotopic (exact) mass is 290 g/mol. The van der Waals surface area contributed by atoms with Gasteiger partial charge in [-0.15, -0.1) is 0 Å². The molecule has 0 saturated carbocycles. The van der Waals surface area contributed by atoms with Crippen LogP contribution in [0.15, 0.2) is 30.6 Å². The Balaban J connectivity index is 2.08. The number of anilines is 1. The molecule has 1 aromatic carbocycles. The van der Waals surface area contributed by atoms with E-state index in [4.69, 9.17) is 9.47 Å². The van der Waals surface area contributed by atoms with Crippen molar-refractivity contribution in [2.24, 2.45) is 0 Å². The lowest BCUT2D eigenvalue weighted by Crippen LogP contribution is -2.31. The largest absolute Gasteiger partial charge is 0.497 e. The van der Waals surface area contributed by atoms with Gasteiger partial charge in [0.2, 0.25) is 0 Å². The van der Waals surface area contributed by atoms with Crippen LogP contribution in [0.3, 0.4) is 0 Å². The van der Waals surface area contributed by atoms with Crippen molar-refractivity contribution >= 4 is 11.7 Å². The van der Waals surface area contributed by atoms with E-state index in [1.807, 2.05) is 13.0 Å². The molecule has 0 saturated heterocycles. The summed E-state index contributed by atoms with van der Waals surface area (Å²) in [5.74, 6) is 1.39. The molecule has 112 valence electrons. The van der Waals surface area contributed by atoms with E-state index >= 15 is 0 Å². The Morgan fingerprint density at radius 2 is 2.14 bits per heavy atom. The fourth-order valence-electron chi connectivity index (χ4n) is 1.94. The number of aromatic nitrogens is 2. The third kappa shape index (κ3) is 3.65. The van der Waals surface area contributed by atoms with Crippen molar-refractivity contribution in [3.05, 3.63) is 36.2 Å². The summed E-state index contributed by atoms with van der Waals surface area (Å²) in [5.41, 5.74) is 1.43. The number of carbonyl (C=O) groups is 1. The highest BCUT2D eigenvalue weighted by atomic mass is 16.5. The number of hydrogen-bond acceptors (Lipinski definition) is 4. The minimum absolute atomic E-state index is 0.248. The van der Waals surface area contributed by atoms with Crippen molar-refractivity contribution in [2.45, 2.75) is 13.0 Å². The molecule has 2 amide bonds. The van der Waals surface area contributed by atoms with Gasteiger partial charge in [-0.3, -0.25) is 5.10 Å². The zero-order valence-corrected chi connectivity index (χ0v) is 12.1. The molecule has 0 bridgehead atoms. The van der Waals surface area contributed by atoms with Crippen molar-refractivity contribution in [3.8, 4) is 11.5 Å². The summed E-state index contributed by atoms with van der Waals surface area (Å²) in [5, 5.41) is 11.9. The van der Waals surface area contributed by atoms with Gasteiger partial charge in [-0.25, -0.2) is 4.79 Å². The molecule has 1 unspecified atom stereocenters. The maximum absolute atomic E-state index is 11.9. The molecule has 3 N–H and O–H groups in total. The lowest BCUT2D eigenvalue weighted by atomic mass is 10.1. The Bertz CT molecular complexity index is 598. The predicted molar refractivity (Wildman–Crippen MR) is 78.7 cm³/mol. The van der Waals surface area contributed by atoms with Crippen LogP contribution in [0.1, 0.15) is 18.5 Å². The van der Waals surface area contributed by atoms with E-state index in [2.05, 4.69) is 20.8 Å². The molecule has 21 heavy (non-hydrogen) atoms. The number of H-pyrrole nitrogens is 1. The molecule has 1 aromatic heterocycles. The van der Waals surface area contributed by atoms with Crippen LogP contribution in [-0.4, -0.2) is 30.4 Å². The Labute approximate surface area is 122 Å². The van der Waals surface area contributed by atoms with Crippen molar-refractivity contribution in [1.29, 1.82) is 0 Å². The minimum Gasteiger partial charge on any atom is -0.497 e. The summed E-state index contributed by atoms with van der Waals surface area (Å²) in [7, 11) is 3.18. The molecule has 7 heteroatoms. The number of nitrogens with one attached hydrogen (secondary N) is 3. The normalized spacial score (nSPS) is 11.6. The van der Waals surface area contributed by atoms with Crippen molar-refractivity contribution in [2.75, 3.05) is 19.5 Å². The van der Waals surface area contributed by atoms with Crippen LogP contribution < -0.4 is 20.1 Å². The van der Waals surface area contributed by atoms with Crippen LogP contribution in [0.5, 0.6) is 11.5 Å². The lowest BCUT2D eigenvalue weighted by Gasteiger charge is -2.18. The van der Waals surface area contributed by atoms with Crippen LogP contribution in [0, 0.1) is 0 Å². The number of benzene rings is 1. The summed E-state index contributed by atoms with van der Waals surface area (Å²) in [4.78, 5) is 11.9. The van der Waals surface area contributed by atoms with Crippen LogP contribution in [0.25, 0.3) is 0 Å². The maximum atomic E-state index is 11.9. The van der Waals surface area contributed by atoms with Crippen molar-refractivity contribution in [3.63, 3.8) is 0 Å². The number of urea groups is 1. The standard InChI is InChI=1S/C14H18N4O3/c1-9(17-14(19)18-10-7-15-16-8-10)12-6-11(20-2)4-5-13(12)21-3/h4-9H,1-3H3,(H,15,16)(H2,17,18,19). The fourth-order valence-corrected chi connectivity index (χ4v) is 1.94. The fraction of sp³-hybridized carbons (Fsp3) is 0.286. The van der Waals surface area contributed by atoms with Gasteiger partial charge in [-0.2, -0.15) is 5.10 Å². The van der Waals surface area contributed by atoms with Gasteiger partial charge in [0.05, 0.1) is 32.1 Å². The lowest BCUT2D eigenvalue weighted by molar-refractivity contribution is 0.249. The number of methoxy groups -OCH3 is 2. The van der Waals surface area contributed by atoms with Crippen LogP contribution >= 0.6 is 0 Å². The Morgan fingerprint density at radius 3 is 2.76 bits per heavy atom. The number of hydrogen-bond donors (Lipinski definition) is 3. The smallest absolute Gasteiger partial charge is 0.319 e. The predicted octanol–water partition coefficient (Wildman–Crippen LogP) is 2.31. The maximum Gasteiger partial charge on any atom is 0.319 e. The quantitative estimate of drug-likeness (QED) is 0.788. The number of ether oxygens (including phenoxy) is 2. The van der Waals surface area contributed by atoms with E-state index in [0.717, 1.165) is 5.56 Å². The molecule has 2 rings (SSSR count). The second-order valence-electron chi connectivity index (χ2n) is 4.42. The first-order valence-electron chi connectivity index (χ1n) is 6.42. The summed E-state index contributed by atoms with van der Waals surface area (Å²) >= 11 is 0. The molecule has 2 aromatic rings. The van der Waals surface area contributed by atoms with Crippen molar-refractivity contribution in [1.82, 2.24) is 15.5 Å². The first-order chi connectivity index (χ1) is 10.1. The summed E-state index contributed by atoms with van der Waals surface area (Å²) in [6.07, 6.45) is 3.12. The Kier molecular flexibility index (Phi) is 4.65. The molecule has 1 atom stereocenters. The summed E-state index contributed by atoms with van der Waals surface area (Å²) in [6.45, 7) is 1.87. The summed E-state index contributed by atoms with van der Waals surface area (Å²) < 4.78 is 10.5. The second kappa shape index (κ2) is 6.65. The highest BCUT2D eigenvalue weighted by Crippen LogP contribution is 2.29. The number of carbonyl (C=O) groups excluding carboxylic acids is 1. The average molecular weight is 290 g/mol. The van der Waals surface area contributed by atoms with Gasteiger partial charge in [0.25, 0.3) is 0 Å². The number of amides is 2. The first-order valence-corrected chi connectivity index (χ1v) is 6.42. The third-order valence-electron chi connectivity index (χ3n) is 3.01. The van der Waals surface area contributed by atoms with Gasteiger partial charge in [0.1, 0.15) is 11.5 Å². The molecule has 0 aliphatic heterocycles. The zero-order chi connectivity index (χ0) is 15.2. The van der Waals surface area contributed by atoms with Gasteiger partial charge in [0, 0.05) is 11.8 Å². The third-order valence-corrected chi connectivity index (χ3v) is 3.01. The van der Waals surface area contributed by atoms with Crippen LogP contribution in [0.4, 0.5) is 10.5 Å². The number of rotatable bonds is 5. The number of aromatic amines is 1. The van der Waals surface area contributed by atoms with Gasteiger partial charge in [0.15, 0.2) is 0 Å². The Hall–Kier alpha value is -2.70. The molecule has 0 fully saturated rings. The van der Waals surface area contributed by atoms with E-state index < -0.39 is 0 Å². The Morgan fingerprint density at radius 1 is 1.33 bits per heavy atom. The molecule has 7 nitrogen and oxygen atoms in total. The van der Waals surface area contributed by atoms with Crippen LogP contribution in [0.2, 0.25) is 0 Å². The SMILES string of the molecule is COc1ccc(OC)c(C(C)NC(=O)Nc2cn[nH]c2)c1. The minimum atomic E-state index is -0.325. The van der Waals surface area contributed by atoms with Crippen LogP contribution in [-0.2, 0) is 0 Å². The molecule has 0 radical (unpaired) electrons. The van der Waals surface area contributed by atoms with Gasteiger partial charge < -0.3 is 20.1 Å². The topological polar surface area (TPSA) is 88.3 Å². The summed E-state index contributed by atoms with van der Waals surface area (Å²) in [6, 6.07) is 4.87. The van der Waals surface area contributed by atoms with E-state index in [1.165, 1.54) is 6.20 Å². The van der Waals surface area contributed by atoms with E-state index in [0.29, 0.717) is 17.2 Å². The van der Waals surface area contributed by atoms with Gasteiger partial charge in [-0.05, 0) is 25.1 Å².